The molecule has 1 rings (SSSR count). The van der Waals surface area contributed by atoms with Gasteiger partial charge in [0.05, 0.1) is 5.56 Å². The molecule has 0 saturated carbocycles. The van der Waals surface area contributed by atoms with Crippen molar-refractivity contribution in [1.29, 1.82) is 0 Å². The molecule has 1 aromatic rings. The number of unbranched alkanes of at least 4 members (excludes halogenated alkanes) is 7. The van der Waals surface area contributed by atoms with Crippen LogP contribution in [0.5, 0.6) is 0 Å². The van der Waals surface area contributed by atoms with Crippen molar-refractivity contribution in [1.82, 2.24) is 0 Å². The Morgan fingerprint density at radius 2 is 1.54 bits per heavy atom. The Labute approximate surface area is 145 Å². The summed E-state index contributed by atoms with van der Waals surface area (Å²) in [6.45, 7) is 2.19. The summed E-state index contributed by atoms with van der Waals surface area (Å²) in [4.78, 5) is 10.6. The molecule has 0 aromatic heterocycles. The lowest BCUT2D eigenvalue weighted by Crippen LogP contribution is -2.08. The minimum Gasteiger partial charge on any atom is -0.478 e. The van der Waals surface area contributed by atoms with Crippen molar-refractivity contribution in [2.24, 2.45) is 0 Å². The van der Waals surface area contributed by atoms with E-state index in [4.69, 9.17) is 9.66 Å². The minimum atomic E-state index is -4.52. The molecule has 0 unspecified atom stereocenters. The topological polar surface area (TPSA) is 91.7 Å². The number of carbonyl (C=O) groups is 1. The SMILES string of the molecule is C.CCCCCCCCCCc1ccc(S(=O)(=O)O)c(C(=O)O)c1. The molecular formula is C18H30O5S. The van der Waals surface area contributed by atoms with Crippen LogP contribution in [0.15, 0.2) is 23.1 Å². The molecule has 0 fully saturated rings. The molecule has 0 aliphatic rings. The van der Waals surface area contributed by atoms with Gasteiger partial charge in [0.1, 0.15) is 4.90 Å². The Morgan fingerprint density at radius 1 is 1.00 bits per heavy atom. The quantitative estimate of drug-likeness (QED) is 0.431. The lowest BCUT2D eigenvalue weighted by molar-refractivity contribution is 0.0692. The monoisotopic (exact) mass is 358 g/mol. The smallest absolute Gasteiger partial charge is 0.337 e. The molecule has 5 nitrogen and oxygen atoms in total. The van der Waals surface area contributed by atoms with Crippen molar-refractivity contribution in [3.05, 3.63) is 29.3 Å². The maximum absolute atomic E-state index is 11.2. The predicted octanol–water partition coefficient (Wildman–Crippen LogP) is 4.95. The lowest BCUT2D eigenvalue weighted by atomic mass is 10.0. The van der Waals surface area contributed by atoms with Crippen LogP contribution in [0.2, 0.25) is 0 Å². The van der Waals surface area contributed by atoms with Gasteiger partial charge in [-0.05, 0) is 30.5 Å². The van der Waals surface area contributed by atoms with Crippen LogP contribution in [-0.4, -0.2) is 24.0 Å². The molecule has 0 aliphatic heterocycles. The fraction of sp³-hybridized carbons (Fsp3) is 0.611. The van der Waals surface area contributed by atoms with Gasteiger partial charge in [-0.2, -0.15) is 8.42 Å². The molecule has 0 atom stereocenters. The number of carboxylic acid groups (broad SMARTS) is 1. The zero-order valence-electron chi connectivity index (χ0n) is 13.6. The average molecular weight is 359 g/mol. The third-order valence-electron chi connectivity index (χ3n) is 3.87. The summed E-state index contributed by atoms with van der Waals surface area (Å²) in [5, 5.41) is 9.09. The van der Waals surface area contributed by atoms with Crippen LogP contribution >= 0.6 is 0 Å². The van der Waals surface area contributed by atoms with Gasteiger partial charge in [-0.1, -0.05) is 65.4 Å². The Balaban J connectivity index is 0.00000529. The van der Waals surface area contributed by atoms with Gasteiger partial charge < -0.3 is 5.11 Å². The van der Waals surface area contributed by atoms with Crippen LogP contribution in [0.1, 0.15) is 81.6 Å². The van der Waals surface area contributed by atoms with E-state index in [1.165, 1.54) is 50.7 Å². The number of hydrogen-bond donors (Lipinski definition) is 2. The first kappa shape index (κ1) is 22.6. The van der Waals surface area contributed by atoms with Gasteiger partial charge in [0.15, 0.2) is 0 Å². The highest BCUT2D eigenvalue weighted by atomic mass is 32.2. The second kappa shape index (κ2) is 11.2. The molecule has 24 heavy (non-hydrogen) atoms. The fourth-order valence-electron chi connectivity index (χ4n) is 2.59. The predicted molar refractivity (Wildman–Crippen MR) is 96.3 cm³/mol. The molecule has 2 N–H and O–H groups in total. The first-order valence-electron chi connectivity index (χ1n) is 8.20. The second-order valence-electron chi connectivity index (χ2n) is 5.84. The van der Waals surface area contributed by atoms with E-state index >= 15 is 0 Å². The average Bonchev–Trinajstić information content (AvgIpc) is 2.48. The Morgan fingerprint density at radius 3 is 2.04 bits per heavy atom. The van der Waals surface area contributed by atoms with Gasteiger partial charge in [-0.25, -0.2) is 4.79 Å². The molecule has 0 aliphatic carbocycles. The highest BCUT2D eigenvalue weighted by Crippen LogP contribution is 2.19. The minimum absolute atomic E-state index is 0. The van der Waals surface area contributed by atoms with Crippen LogP contribution in [0.4, 0.5) is 0 Å². The highest BCUT2D eigenvalue weighted by molar-refractivity contribution is 7.86. The van der Waals surface area contributed by atoms with E-state index in [1.807, 2.05) is 0 Å². The van der Waals surface area contributed by atoms with Crippen LogP contribution in [0.3, 0.4) is 0 Å². The van der Waals surface area contributed by atoms with Gasteiger partial charge in [-0.3, -0.25) is 4.55 Å². The molecular weight excluding hydrogens is 328 g/mol. The number of aromatic carboxylic acids is 1. The molecule has 0 amide bonds. The third-order valence-corrected chi connectivity index (χ3v) is 4.78. The Hall–Kier alpha value is -1.40. The van der Waals surface area contributed by atoms with Gasteiger partial charge in [0, 0.05) is 0 Å². The Bertz CT molecular complexity index is 608. The van der Waals surface area contributed by atoms with Crippen LogP contribution in [-0.2, 0) is 16.5 Å². The molecule has 1 aromatic carbocycles. The summed E-state index contributed by atoms with van der Waals surface area (Å²) < 4.78 is 31.4. The number of aryl methyl sites for hydroxylation is 1. The Kier molecular flexibility index (Phi) is 10.6. The van der Waals surface area contributed by atoms with E-state index in [9.17, 15) is 13.2 Å². The molecule has 0 radical (unpaired) electrons. The molecule has 0 spiro atoms. The van der Waals surface area contributed by atoms with Gasteiger partial charge in [-0.15, -0.1) is 0 Å². The van der Waals surface area contributed by atoms with Crippen molar-refractivity contribution in [3.8, 4) is 0 Å². The van der Waals surface area contributed by atoms with Crippen molar-refractivity contribution in [2.45, 2.75) is 77.0 Å². The van der Waals surface area contributed by atoms with Crippen molar-refractivity contribution < 1.29 is 22.9 Å². The van der Waals surface area contributed by atoms with E-state index in [0.29, 0.717) is 6.42 Å². The summed E-state index contributed by atoms with van der Waals surface area (Å²) in [5.41, 5.74) is 0.408. The maximum Gasteiger partial charge on any atom is 0.337 e. The number of hydrogen-bond acceptors (Lipinski definition) is 3. The molecule has 6 heteroatoms. The number of rotatable bonds is 11. The van der Waals surface area contributed by atoms with Gasteiger partial charge in [0.2, 0.25) is 0 Å². The summed E-state index contributed by atoms with van der Waals surface area (Å²) in [6, 6.07) is 4.07. The van der Waals surface area contributed by atoms with Crippen LogP contribution in [0, 0.1) is 0 Å². The van der Waals surface area contributed by atoms with Crippen LogP contribution in [0.25, 0.3) is 0 Å². The number of benzene rings is 1. The maximum atomic E-state index is 11.2. The van der Waals surface area contributed by atoms with E-state index in [1.54, 1.807) is 6.07 Å². The molecule has 0 bridgehead atoms. The van der Waals surface area contributed by atoms with E-state index in [2.05, 4.69) is 6.92 Å². The summed E-state index contributed by atoms with van der Waals surface area (Å²) >= 11 is 0. The highest BCUT2D eigenvalue weighted by Gasteiger charge is 2.20. The standard InChI is InChI=1S/C17H26O5S.CH4/c1-2-3-4-5-6-7-8-9-10-14-11-12-16(23(20,21)22)15(13-14)17(18)19;/h11-13H,2-10H2,1H3,(H,18,19)(H,20,21,22);1H4. The third kappa shape index (κ3) is 7.93. The zero-order valence-corrected chi connectivity index (χ0v) is 14.4. The van der Waals surface area contributed by atoms with Crippen molar-refractivity contribution in [2.75, 3.05) is 0 Å². The largest absolute Gasteiger partial charge is 0.478 e. The second-order valence-corrected chi connectivity index (χ2v) is 7.23. The number of carboxylic acids is 1. The van der Waals surface area contributed by atoms with Crippen molar-refractivity contribution >= 4 is 16.1 Å². The van der Waals surface area contributed by atoms with Gasteiger partial charge in [0.25, 0.3) is 10.1 Å². The first-order chi connectivity index (χ1) is 10.9. The molecule has 0 saturated heterocycles. The van der Waals surface area contributed by atoms with E-state index in [0.717, 1.165) is 18.4 Å². The summed E-state index contributed by atoms with van der Waals surface area (Å²) in [6.07, 6.45) is 10.2. The molecule has 0 heterocycles. The van der Waals surface area contributed by atoms with Crippen LogP contribution < -0.4 is 0 Å². The molecule has 138 valence electrons. The summed E-state index contributed by atoms with van der Waals surface area (Å²) in [5.74, 6) is -1.35. The van der Waals surface area contributed by atoms with Crippen molar-refractivity contribution in [3.63, 3.8) is 0 Å². The van der Waals surface area contributed by atoms with E-state index < -0.39 is 21.0 Å². The van der Waals surface area contributed by atoms with E-state index in [-0.39, 0.29) is 13.0 Å². The first-order valence-corrected chi connectivity index (χ1v) is 9.64. The normalized spacial score (nSPS) is 11.1. The lowest BCUT2D eigenvalue weighted by Gasteiger charge is -2.07. The zero-order chi connectivity index (χ0) is 17.3. The summed E-state index contributed by atoms with van der Waals surface area (Å²) in [7, 11) is -4.52. The fourth-order valence-corrected chi connectivity index (χ4v) is 3.25. The van der Waals surface area contributed by atoms with Gasteiger partial charge >= 0.3 is 5.97 Å².